The molecule has 0 bridgehead atoms. The van der Waals surface area contributed by atoms with Crippen LogP contribution in [0.4, 0.5) is 4.39 Å². The van der Waals surface area contributed by atoms with E-state index in [-0.39, 0.29) is 5.83 Å². The number of allylic oxidation sites excluding steroid dienone is 1. The number of hydrogen-bond acceptors (Lipinski definition) is 2. The average molecular weight is 163 g/mol. The van der Waals surface area contributed by atoms with E-state index in [1.165, 1.54) is 18.3 Å². The predicted octanol–water partition coefficient (Wildman–Crippen LogP) is 1.76. The van der Waals surface area contributed by atoms with E-state index >= 15 is 0 Å². The molecule has 3 heteroatoms. The summed E-state index contributed by atoms with van der Waals surface area (Å²) in [6.45, 7) is 0. The molecule has 0 N–H and O–H groups in total. The summed E-state index contributed by atoms with van der Waals surface area (Å²) in [5.41, 5.74) is 1.40. The van der Waals surface area contributed by atoms with Crippen molar-refractivity contribution in [1.29, 1.82) is 0 Å². The van der Waals surface area contributed by atoms with Gasteiger partial charge in [0, 0.05) is 23.7 Å². The Morgan fingerprint density at radius 1 is 1.58 bits per heavy atom. The monoisotopic (exact) mass is 163 g/mol. The molecule has 0 saturated heterocycles. The van der Waals surface area contributed by atoms with Crippen LogP contribution in [-0.2, 0) is 6.42 Å². The SMILES string of the molecule is O=Cc1ccnc2c1C(F)=CC2. The van der Waals surface area contributed by atoms with Crippen molar-refractivity contribution in [2.75, 3.05) is 0 Å². The molecule has 0 aromatic carbocycles. The number of aromatic nitrogens is 1. The maximum absolute atomic E-state index is 13.0. The highest BCUT2D eigenvalue weighted by Gasteiger charge is 2.18. The summed E-state index contributed by atoms with van der Waals surface area (Å²) in [5, 5.41) is 0. The van der Waals surface area contributed by atoms with Crippen LogP contribution in [-0.4, -0.2) is 11.3 Å². The average Bonchev–Trinajstić information content (AvgIpc) is 2.48. The van der Waals surface area contributed by atoms with Gasteiger partial charge in [0.05, 0.1) is 5.69 Å². The second kappa shape index (κ2) is 2.52. The van der Waals surface area contributed by atoms with Crippen molar-refractivity contribution in [2.24, 2.45) is 0 Å². The van der Waals surface area contributed by atoms with Crippen LogP contribution in [0, 0.1) is 0 Å². The molecule has 1 aromatic heterocycles. The van der Waals surface area contributed by atoms with E-state index < -0.39 is 0 Å². The summed E-state index contributed by atoms with van der Waals surface area (Å²) < 4.78 is 13.0. The molecule has 12 heavy (non-hydrogen) atoms. The van der Waals surface area contributed by atoms with Gasteiger partial charge in [0.2, 0.25) is 0 Å². The molecule has 0 amide bonds. The van der Waals surface area contributed by atoms with Gasteiger partial charge in [0.15, 0.2) is 6.29 Å². The number of carbonyl (C=O) groups excluding carboxylic acids is 1. The molecule has 0 spiro atoms. The third-order valence-electron chi connectivity index (χ3n) is 1.90. The van der Waals surface area contributed by atoms with E-state index in [1.807, 2.05) is 0 Å². The Labute approximate surface area is 68.7 Å². The van der Waals surface area contributed by atoms with Crippen LogP contribution in [0.25, 0.3) is 5.83 Å². The number of hydrogen-bond donors (Lipinski definition) is 0. The fourth-order valence-corrected chi connectivity index (χ4v) is 1.34. The normalized spacial score (nSPS) is 13.9. The van der Waals surface area contributed by atoms with Crippen molar-refractivity contribution < 1.29 is 9.18 Å². The second-order valence-electron chi connectivity index (χ2n) is 2.60. The summed E-state index contributed by atoms with van der Waals surface area (Å²) in [4.78, 5) is 14.5. The number of rotatable bonds is 1. The summed E-state index contributed by atoms with van der Waals surface area (Å²) in [5.74, 6) is -0.333. The van der Waals surface area contributed by atoms with Crippen molar-refractivity contribution in [3.8, 4) is 0 Å². The third-order valence-corrected chi connectivity index (χ3v) is 1.90. The van der Waals surface area contributed by atoms with Crippen LogP contribution in [0.15, 0.2) is 18.3 Å². The van der Waals surface area contributed by atoms with Gasteiger partial charge in [0.25, 0.3) is 0 Å². The first-order valence-electron chi connectivity index (χ1n) is 3.62. The van der Waals surface area contributed by atoms with Crippen molar-refractivity contribution >= 4 is 12.1 Å². The fraction of sp³-hybridized carbons (Fsp3) is 0.111. The predicted molar refractivity (Wildman–Crippen MR) is 42.4 cm³/mol. The molecule has 1 heterocycles. The van der Waals surface area contributed by atoms with Gasteiger partial charge in [-0.1, -0.05) is 0 Å². The Morgan fingerprint density at radius 3 is 3.17 bits per heavy atom. The number of fused-ring (bicyclic) bond motifs is 1. The molecule has 2 rings (SSSR count). The third kappa shape index (κ3) is 0.863. The number of pyridine rings is 1. The van der Waals surface area contributed by atoms with Gasteiger partial charge in [-0.3, -0.25) is 9.78 Å². The Hall–Kier alpha value is -1.51. The molecule has 60 valence electrons. The van der Waals surface area contributed by atoms with Crippen molar-refractivity contribution in [1.82, 2.24) is 4.98 Å². The topological polar surface area (TPSA) is 30.0 Å². The molecule has 0 fully saturated rings. The van der Waals surface area contributed by atoms with E-state index in [1.54, 1.807) is 0 Å². The minimum atomic E-state index is -0.333. The van der Waals surface area contributed by atoms with E-state index in [4.69, 9.17) is 0 Å². The highest BCUT2D eigenvalue weighted by Crippen LogP contribution is 2.28. The van der Waals surface area contributed by atoms with Crippen LogP contribution < -0.4 is 0 Å². The van der Waals surface area contributed by atoms with Gasteiger partial charge >= 0.3 is 0 Å². The van der Waals surface area contributed by atoms with Gasteiger partial charge in [-0.2, -0.15) is 0 Å². The Bertz CT molecular complexity index is 371. The first kappa shape index (κ1) is 7.16. The minimum absolute atomic E-state index is 0.333. The Kier molecular flexibility index (Phi) is 1.50. The molecular formula is C9H6FNO. The summed E-state index contributed by atoms with van der Waals surface area (Å²) >= 11 is 0. The molecule has 1 aromatic rings. The highest BCUT2D eigenvalue weighted by atomic mass is 19.1. The summed E-state index contributed by atoms with van der Waals surface area (Å²) in [6.07, 6.45) is 4.10. The molecule has 0 radical (unpaired) electrons. The minimum Gasteiger partial charge on any atom is -0.298 e. The van der Waals surface area contributed by atoms with E-state index in [0.29, 0.717) is 29.5 Å². The molecule has 0 atom stereocenters. The van der Waals surface area contributed by atoms with E-state index in [2.05, 4.69) is 4.98 Å². The molecule has 1 aliphatic carbocycles. The Balaban J connectivity index is 2.68. The van der Waals surface area contributed by atoms with Gasteiger partial charge < -0.3 is 0 Å². The van der Waals surface area contributed by atoms with Crippen LogP contribution in [0.2, 0.25) is 0 Å². The summed E-state index contributed by atoms with van der Waals surface area (Å²) in [6, 6.07) is 1.52. The molecule has 0 aliphatic heterocycles. The molecular weight excluding hydrogens is 157 g/mol. The molecule has 2 nitrogen and oxygen atoms in total. The molecule has 0 unspecified atom stereocenters. The zero-order valence-electron chi connectivity index (χ0n) is 6.25. The van der Waals surface area contributed by atoms with Crippen LogP contribution in [0.5, 0.6) is 0 Å². The number of nitrogens with zero attached hydrogens (tertiary/aromatic N) is 1. The standard InChI is InChI=1S/C9H6FNO/c10-7-1-2-8-9(7)6(5-12)3-4-11-8/h1,3-5H,2H2. The fourth-order valence-electron chi connectivity index (χ4n) is 1.34. The summed E-state index contributed by atoms with van der Waals surface area (Å²) in [7, 11) is 0. The first-order valence-corrected chi connectivity index (χ1v) is 3.62. The van der Waals surface area contributed by atoms with Crippen molar-refractivity contribution in [3.05, 3.63) is 35.2 Å². The van der Waals surface area contributed by atoms with Gasteiger partial charge in [-0.25, -0.2) is 4.39 Å². The van der Waals surface area contributed by atoms with Gasteiger partial charge in [-0.15, -0.1) is 0 Å². The van der Waals surface area contributed by atoms with Crippen LogP contribution in [0.1, 0.15) is 21.6 Å². The highest BCUT2D eigenvalue weighted by molar-refractivity contribution is 5.86. The Morgan fingerprint density at radius 2 is 2.42 bits per heavy atom. The van der Waals surface area contributed by atoms with Gasteiger partial charge in [-0.05, 0) is 12.1 Å². The smallest absolute Gasteiger partial charge is 0.150 e. The number of carbonyl (C=O) groups is 1. The lowest BCUT2D eigenvalue weighted by Crippen LogP contribution is -1.93. The molecule has 1 aliphatic rings. The van der Waals surface area contributed by atoms with Crippen LogP contribution >= 0.6 is 0 Å². The zero-order valence-corrected chi connectivity index (χ0v) is 6.25. The quantitative estimate of drug-likeness (QED) is 0.590. The second-order valence-corrected chi connectivity index (χ2v) is 2.60. The first-order chi connectivity index (χ1) is 5.83. The van der Waals surface area contributed by atoms with Gasteiger partial charge in [0.1, 0.15) is 5.83 Å². The lowest BCUT2D eigenvalue weighted by atomic mass is 10.1. The van der Waals surface area contributed by atoms with Crippen LogP contribution in [0.3, 0.4) is 0 Å². The maximum Gasteiger partial charge on any atom is 0.150 e. The number of aldehydes is 1. The number of halogens is 1. The van der Waals surface area contributed by atoms with E-state index in [0.717, 1.165) is 0 Å². The molecule has 0 saturated carbocycles. The largest absolute Gasteiger partial charge is 0.298 e. The zero-order chi connectivity index (χ0) is 8.55. The maximum atomic E-state index is 13.0. The van der Waals surface area contributed by atoms with E-state index in [9.17, 15) is 9.18 Å². The lowest BCUT2D eigenvalue weighted by Gasteiger charge is -1.99. The van der Waals surface area contributed by atoms with Crippen molar-refractivity contribution in [3.63, 3.8) is 0 Å². The lowest BCUT2D eigenvalue weighted by molar-refractivity contribution is 0.112. The van der Waals surface area contributed by atoms with Crippen molar-refractivity contribution in [2.45, 2.75) is 6.42 Å².